The van der Waals surface area contributed by atoms with Gasteiger partial charge >= 0.3 is 0 Å². The van der Waals surface area contributed by atoms with Crippen molar-refractivity contribution in [2.24, 2.45) is 10.8 Å². The molecule has 3 unspecified atom stereocenters. The average molecular weight is 267 g/mol. The van der Waals surface area contributed by atoms with Gasteiger partial charge in [0.2, 0.25) is 0 Å². The summed E-state index contributed by atoms with van der Waals surface area (Å²) in [4.78, 5) is 14.9. The molecule has 1 saturated carbocycles. The number of hydrogen-bond acceptors (Lipinski definition) is 2. The zero-order valence-corrected chi connectivity index (χ0v) is 13.4. The van der Waals surface area contributed by atoms with Crippen LogP contribution in [0.1, 0.15) is 60.3 Å². The molecule has 0 aromatic rings. The second-order valence-corrected chi connectivity index (χ2v) is 7.94. The van der Waals surface area contributed by atoms with Crippen LogP contribution in [0.15, 0.2) is 0 Å². The molecule has 0 aromatic heterocycles. The summed E-state index contributed by atoms with van der Waals surface area (Å²) in [6.07, 6.45) is 4.23. The topological polar surface area (TPSA) is 29.5 Å². The van der Waals surface area contributed by atoms with Gasteiger partial charge in [-0.25, -0.2) is 0 Å². The van der Waals surface area contributed by atoms with Gasteiger partial charge in [-0.2, -0.15) is 0 Å². The highest BCUT2D eigenvalue weighted by atomic mass is 16.5. The van der Waals surface area contributed by atoms with Gasteiger partial charge in [0, 0.05) is 19.7 Å². The maximum Gasteiger partial charge on any atom is 0.254 e. The standard InChI is InChI=1S/C16H29NO2/c1-7-16(5,19-6)13(18)17-11-15(4)9-12(17)8-14(2,3)10-15/h12H,7-11H2,1-6H3. The molecule has 0 aromatic carbocycles. The number of carbonyl (C=O) groups excluding carboxylic acids is 1. The van der Waals surface area contributed by atoms with Crippen molar-refractivity contribution in [1.82, 2.24) is 4.90 Å². The first kappa shape index (κ1) is 14.8. The summed E-state index contributed by atoms with van der Waals surface area (Å²) in [5, 5.41) is 0. The van der Waals surface area contributed by atoms with E-state index in [1.165, 1.54) is 6.42 Å². The van der Waals surface area contributed by atoms with Crippen molar-refractivity contribution in [2.75, 3.05) is 13.7 Å². The number of likely N-dealkylation sites (tertiary alicyclic amines) is 1. The Balaban J connectivity index is 2.22. The quantitative estimate of drug-likeness (QED) is 0.785. The average Bonchev–Trinajstić information content (AvgIpc) is 2.56. The van der Waals surface area contributed by atoms with E-state index in [-0.39, 0.29) is 5.91 Å². The first-order valence-corrected chi connectivity index (χ1v) is 7.51. The summed E-state index contributed by atoms with van der Waals surface area (Å²) in [7, 11) is 1.65. The fourth-order valence-corrected chi connectivity index (χ4v) is 4.38. The molecule has 1 amide bonds. The van der Waals surface area contributed by atoms with E-state index in [1.54, 1.807) is 7.11 Å². The fourth-order valence-electron chi connectivity index (χ4n) is 4.38. The number of rotatable bonds is 3. The van der Waals surface area contributed by atoms with Crippen LogP contribution in [0.2, 0.25) is 0 Å². The van der Waals surface area contributed by atoms with E-state index in [4.69, 9.17) is 4.74 Å². The molecule has 2 bridgehead atoms. The van der Waals surface area contributed by atoms with Crippen LogP contribution in [0.5, 0.6) is 0 Å². The van der Waals surface area contributed by atoms with Crippen molar-refractivity contribution < 1.29 is 9.53 Å². The molecular formula is C16H29NO2. The molecule has 1 aliphatic carbocycles. The predicted octanol–water partition coefficient (Wildman–Crippen LogP) is 3.23. The number of fused-ring (bicyclic) bond motifs is 2. The van der Waals surface area contributed by atoms with Crippen molar-refractivity contribution in [3.05, 3.63) is 0 Å². The fraction of sp³-hybridized carbons (Fsp3) is 0.938. The van der Waals surface area contributed by atoms with Gasteiger partial charge in [-0.1, -0.05) is 27.7 Å². The van der Waals surface area contributed by atoms with E-state index < -0.39 is 5.60 Å². The van der Waals surface area contributed by atoms with Crippen LogP contribution in [0.4, 0.5) is 0 Å². The van der Waals surface area contributed by atoms with Crippen molar-refractivity contribution in [2.45, 2.75) is 71.9 Å². The van der Waals surface area contributed by atoms with Crippen molar-refractivity contribution >= 4 is 5.91 Å². The lowest BCUT2D eigenvalue weighted by molar-refractivity contribution is -0.154. The van der Waals surface area contributed by atoms with E-state index in [2.05, 4.69) is 25.7 Å². The summed E-state index contributed by atoms with van der Waals surface area (Å²) in [5.74, 6) is 0.184. The minimum atomic E-state index is -0.655. The third kappa shape index (κ3) is 2.54. The van der Waals surface area contributed by atoms with E-state index in [0.717, 1.165) is 25.8 Å². The molecule has 19 heavy (non-hydrogen) atoms. The van der Waals surface area contributed by atoms with Crippen LogP contribution in [-0.2, 0) is 9.53 Å². The molecule has 3 atom stereocenters. The van der Waals surface area contributed by atoms with E-state index in [0.29, 0.717) is 16.9 Å². The van der Waals surface area contributed by atoms with Gasteiger partial charge in [0.05, 0.1) is 0 Å². The summed E-state index contributed by atoms with van der Waals surface area (Å²) in [6, 6.07) is 0.405. The number of nitrogens with zero attached hydrogens (tertiary/aromatic N) is 1. The molecule has 2 rings (SSSR count). The number of methoxy groups -OCH3 is 1. The summed E-state index contributed by atoms with van der Waals surface area (Å²) < 4.78 is 5.50. The Kier molecular flexibility index (Phi) is 3.49. The van der Waals surface area contributed by atoms with Crippen LogP contribution in [0.25, 0.3) is 0 Å². The van der Waals surface area contributed by atoms with E-state index in [1.807, 2.05) is 13.8 Å². The largest absolute Gasteiger partial charge is 0.369 e. The molecule has 3 nitrogen and oxygen atoms in total. The molecule has 1 heterocycles. The predicted molar refractivity (Wildman–Crippen MR) is 76.9 cm³/mol. The minimum Gasteiger partial charge on any atom is -0.369 e. The van der Waals surface area contributed by atoms with Crippen LogP contribution in [-0.4, -0.2) is 36.1 Å². The molecule has 0 radical (unpaired) electrons. The minimum absolute atomic E-state index is 0.184. The number of amides is 1. The Bertz CT molecular complexity index is 373. The van der Waals surface area contributed by atoms with Crippen LogP contribution in [0.3, 0.4) is 0 Å². The van der Waals surface area contributed by atoms with Crippen LogP contribution in [0, 0.1) is 10.8 Å². The lowest BCUT2D eigenvalue weighted by Gasteiger charge is -2.40. The van der Waals surface area contributed by atoms with Gasteiger partial charge in [0.15, 0.2) is 0 Å². The van der Waals surface area contributed by atoms with Crippen molar-refractivity contribution in [3.8, 4) is 0 Å². The lowest BCUT2D eigenvalue weighted by atomic mass is 9.65. The maximum absolute atomic E-state index is 12.8. The SMILES string of the molecule is CCC(C)(OC)C(=O)N1CC2(C)CC1CC(C)(C)C2. The van der Waals surface area contributed by atoms with Crippen LogP contribution >= 0.6 is 0 Å². The lowest BCUT2D eigenvalue weighted by Crippen LogP contribution is -2.50. The van der Waals surface area contributed by atoms with Gasteiger partial charge in [-0.15, -0.1) is 0 Å². The normalized spacial score (nSPS) is 36.1. The van der Waals surface area contributed by atoms with Gasteiger partial charge in [-0.05, 0) is 43.4 Å². The zero-order chi connectivity index (χ0) is 14.5. The summed E-state index contributed by atoms with van der Waals surface area (Å²) in [5.41, 5.74) is -0.00909. The molecule has 1 aliphatic heterocycles. The summed E-state index contributed by atoms with van der Waals surface area (Å²) in [6.45, 7) is 11.9. The highest BCUT2D eigenvalue weighted by molar-refractivity contribution is 5.85. The second-order valence-electron chi connectivity index (χ2n) is 7.94. The number of carbonyl (C=O) groups is 1. The third-order valence-corrected chi connectivity index (χ3v) is 5.25. The van der Waals surface area contributed by atoms with Gasteiger partial charge in [0.1, 0.15) is 5.60 Å². The molecule has 0 spiro atoms. The molecule has 2 aliphatic rings. The van der Waals surface area contributed by atoms with Gasteiger partial charge in [0.25, 0.3) is 5.91 Å². The molecule has 2 fully saturated rings. The molecule has 1 saturated heterocycles. The zero-order valence-electron chi connectivity index (χ0n) is 13.4. The monoisotopic (exact) mass is 267 g/mol. The maximum atomic E-state index is 12.8. The Labute approximate surface area is 117 Å². The highest BCUT2D eigenvalue weighted by Gasteiger charge is 2.53. The number of hydrogen-bond donors (Lipinski definition) is 0. The van der Waals surface area contributed by atoms with Crippen LogP contribution < -0.4 is 0 Å². The first-order valence-electron chi connectivity index (χ1n) is 7.51. The van der Waals surface area contributed by atoms with E-state index in [9.17, 15) is 4.79 Å². The molecule has 3 heteroatoms. The Morgan fingerprint density at radius 1 is 1.37 bits per heavy atom. The van der Waals surface area contributed by atoms with E-state index >= 15 is 0 Å². The molecular weight excluding hydrogens is 238 g/mol. The van der Waals surface area contributed by atoms with Crippen molar-refractivity contribution in [1.29, 1.82) is 0 Å². The van der Waals surface area contributed by atoms with Gasteiger partial charge in [-0.3, -0.25) is 4.79 Å². The Hall–Kier alpha value is -0.570. The third-order valence-electron chi connectivity index (χ3n) is 5.25. The molecule has 110 valence electrons. The molecule has 0 N–H and O–H groups in total. The second kappa shape index (κ2) is 4.47. The Morgan fingerprint density at radius 3 is 2.53 bits per heavy atom. The smallest absolute Gasteiger partial charge is 0.254 e. The Morgan fingerprint density at radius 2 is 2.00 bits per heavy atom. The number of ether oxygens (including phenoxy) is 1. The first-order chi connectivity index (χ1) is 8.65. The summed E-state index contributed by atoms with van der Waals surface area (Å²) >= 11 is 0. The van der Waals surface area contributed by atoms with Crippen molar-refractivity contribution in [3.63, 3.8) is 0 Å². The van der Waals surface area contributed by atoms with Gasteiger partial charge < -0.3 is 9.64 Å². The highest BCUT2D eigenvalue weighted by Crippen LogP contribution is 2.52.